The molecule has 1 aliphatic rings. The third-order valence-corrected chi connectivity index (χ3v) is 8.28. The Morgan fingerprint density at radius 2 is 1.44 bits per heavy atom. The number of pyridine rings is 1. The molecule has 0 amide bonds. The van der Waals surface area contributed by atoms with Crippen LogP contribution in [0.3, 0.4) is 0 Å². The first-order chi connectivity index (χ1) is 21.3. The molecule has 4 heterocycles. The molecule has 0 radical (unpaired) electrons. The number of hydrogen-bond acceptors (Lipinski definition) is 5. The average Bonchev–Trinajstić information content (AvgIpc) is 3.63. The van der Waals surface area contributed by atoms with Crippen molar-refractivity contribution in [1.29, 1.82) is 0 Å². The van der Waals surface area contributed by atoms with Crippen LogP contribution in [0.2, 0.25) is 0 Å². The summed E-state index contributed by atoms with van der Waals surface area (Å²) in [5.41, 5.74) is 9.63. The summed E-state index contributed by atoms with van der Waals surface area (Å²) in [6.07, 6.45) is 6.21. The van der Waals surface area contributed by atoms with Crippen LogP contribution in [0, 0.1) is 0 Å². The van der Waals surface area contributed by atoms with Crippen molar-refractivity contribution in [3.63, 3.8) is 0 Å². The highest BCUT2D eigenvalue weighted by atomic mass is 16.4. The van der Waals surface area contributed by atoms with Crippen LogP contribution in [0.4, 0.5) is 22.9 Å². The summed E-state index contributed by atoms with van der Waals surface area (Å²) in [5, 5.41) is 7.73. The van der Waals surface area contributed by atoms with E-state index in [0.29, 0.717) is 0 Å². The Morgan fingerprint density at radius 3 is 2.37 bits per heavy atom. The van der Waals surface area contributed by atoms with E-state index in [-0.39, 0.29) is 0 Å². The number of hydrogen-bond donors (Lipinski definition) is 1. The number of fused-ring (bicyclic) bond motifs is 7. The Hall–Kier alpha value is -5.81. The van der Waals surface area contributed by atoms with Gasteiger partial charge in [0.25, 0.3) is 0 Å². The molecule has 43 heavy (non-hydrogen) atoms. The predicted octanol–water partition coefficient (Wildman–Crippen LogP) is 10.5. The van der Waals surface area contributed by atoms with Crippen LogP contribution in [0.1, 0.15) is 5.56 Å². The first-order valence-corrected chi connectivity index (χ1v) is 14.4. The molecule has 0 spiro atoms. The van der Waals surface area contributed by atoms with Gasteiger partial charge in [0.1, 0.15) is 16.7 Å². The fraction of sp³-hybridized carbons (Fsp3) is 0.0263. The Bertz CT molecular complexity index is 2360. The standard InChI is InChI=1S/C38H25N3O2/c1-2-9-24(10-3-1)26-19-25-11-4-5-12-29(25)33(20-26)41(27-16-17-35-32(21-27)30-14-8-18-39-38(30)43-35)28-22-36-37(40-23-28)31-13-6-7-15-34(31)42-36/h1-17,19-23,39H,18H2. The maximum atomic E-state index is 6.31. The summed E-state index contributed by atoms with van der Waals surface area (Å²) in [7, 11) is 0. The molecule has 204 valence electrons. The van der Waals surface area contributed by atoms with Gasteiger partial charge in [0.2, 0.25) is 5.88 Å². The van der Waals surface area contributed by atoms with E-state index in [0.717, 1.165) is 90.0 Å². The zero-order valence-corrected chi connectivity index (χ0v) is 23.1. The molecule has 8 aromatic rings. The van der Waals surface area contributed by atoms with Crippen molar-refractivity contribution in [1.82, 2.24) is 4.98 Å². The topological polar surface area (TPSA) is 54.4 Å². The van der Waals surface area contributed by atoms with Crippen molar-refractivity contribution in [3.05, 3.63) is 133 Å². The molecule has 0 unspecified atom stereocenters. The van der Waals surface area contributed by atoms with Crippen molar-refractivity contribution in [2.24, 2.45) is 0 Å². The minimum Gasteiger partial charge on any atom is -0.454 e. The van der Waals surface area contributed by atoms with E-state index in [1.54, 1.807) is 0 Å². The van der Waals surface area contributed by atoms with Crippen molar-refractivity contribution >= 4 is 72.8 Å². The SMILES string of the molecule is C1=Cc2c(oc3ccc(N(c4cnc5c(c4)oc4ccccc45)c4cc(-c5ccccc5)cc5ccccc45)cc23)NC1. The molecule has 9 rings (SSSR count). The molecular weight excluding hydrogens is 530 g/mol. The lowest BCUT2D eigenvalue weighted by molar-refractivity contribution is 0.628. The third-order valence-electron chi connectivity index (χ3n) is 8.28. The summed E-state index contributed by atoms with van der Waals surface area (Å²) in [6.45, 7) is 0.757. The lowest BCUT2D eigenvalue weighted by Crippen LogP contribution is -2.11. The molecule has 0 aliphatic carbocycles. The monoisotopic (exact) mass is 555 g/mol. The van der Waals surface area contributed by atoms with Crippen molar-refractivity contribution in [2.45, 2.75) is 0 Å². The zero-order valence-electron chi connectivity index (χ0n) is 23.1. The van der Waals surface area contributed by atoms with Crippen molar-refractivity contribution < 1.29 is 8.83 Å². The molecule has 0 saturated carbocycles. The van der Waals surface area contributed by atoms with Crippen LogP contribution in [0.5, 0.6) is 0 Å². The average molecular weight is 556 g/mol. The molecule has 1 aliphatic heterocycles. The number of furan rings is 2. The van der Waals surface area contributed by atoms with Crippen LogP contribution in [-0.4, -0.2) is 11.5 Å². The number of nitrogens with zero attached hydrogens (tertiary/aromatic N) is 2. The highest BCUT2D eigenvalue weighted by Crippen LogP contribution is 2.44. The van der Waals surface area contributed by atoms with Gasteiger partial charge in [0, 0.05) is 40.0 Å². The normalized spacial score (nSPS) is 12.7. The number of anilines is 4. The van der Waals surface area contributed by atoms with Gasteiger partial charge in [-0.25, -0.2) is 4.98 Å². The van der Waals surface area contributed by atoms with E-state index in [2.05, 4.69) is 119 Å². The second-order valence-corrected chi connectivity index (χ2v) is 10.9. The molecule has 0 bridgehead atoms. The first-order valence-electron chi connectivity index (χ1n) is 14.4. The molecule has 5 nitrogen and oxygen atoms in total. The molecule has 0 fully saturated rings. The fourth-order valence-electron chi connectivity index (χ4n) is 6.28. The molecular formula is C38H25N3O2. The van der Waals surface area contributed by atoms with E-state index in [4.69, 9.17) is 13.8 Å². The van der Waals surface area contributed by atoms with E-state index >= 15 is 0 Å². The van der Waals surface area contributed by atoms with Gasteiger partial charge >= 0.3 is 0 Å². The fourth-order valence-corrected chi connectivity index (χ4v) is 6.28. The van der Waals surface area contributed by atoms with Gasteiger partial charge in [-0.05, 0) is 59.0 Å². The van der Waals surface area contributed by atoms with E-state index in [9.17, 15) is 0 Å². The highest BCUT2D eigenvalue weighted by Gasteiger charge is 2.22. The molecule has 1 N–H and O–H groups in total. The molecule has 0 atom stereocenters. The van der Waals surface area contributed by atoms with Crippen LogP contribution in [0.25, 0.3) is 61.0 Å². The second kappa shape index (κ2) is 9.36. The van der Waals surface area contributed by atoms with Gasteiger partial charge in [-0.2, -0.15) is 0 Å². The molecule has 5 aromatic carbocycles. The summed E-state index contributed by atoms with van der Waals surface area (Å²) < 4.78 is 12.5. The van der Waals surface area contributed by atoms with Crippen molar-refractivity contribution in [3.8, 4) is 11.1 Å². The number of aromatic nitrogens is 1. The van der Waals surface area contributed by atoms with Crippen LogP contribution >= 0.6 is 0 Å². The number of nitrogens with one attached hydrogen (secondary N) is 1. The Kier molecular flexibility index (Phi) is 5.19. The first kappa shape index (κ1) is 23.9. The van der Waals surface area contributed by atoms with Gasteiger partial charge in [-0.15, -0.1) is 0 Å². The third kappa shape index (κ3) is 3.82. The number of benzene rings is 5. The predicted molar refractivity (Wildman–Crippen MR) is 176 cm³/mol. The molecule has 0 saturated heterocycles. The minimum absolute atomic E-state index is 0.751. The van der Waals surface area contributed by atoms with Crippen LogP contribution in [0.15, 0.2) is 136 Å². The molecule has 5 heteroatoms. The number of para-hydroxylation sites is 1. The van der Waals surface area contributed by atoms with E-state index in [1.807, 2.05) is 24.4 Å². The summed E-state index contributed by atoms with van der Waals surface area (Å²) in [4.78, 5) is 7.23. The van der Waals surface area contributed by atoms with Crippen LogP contribution in [-0.2, 0) is 0 Å². The lowest BCUT2D eigenvalue weighted by Gasteiger charge is -2.27. The van der Waals surface area contributed by atoms with Gasteiger partial charge in [-0.3, -0.25) is 0 Å². The van der Waals surface area contributed by atoms with E-state index < -0.39 is 0 Å². The second-order valence-electron chi connectivity index (χ2n) is 10.9. The Balaban J connectivity index is 1.33. The maximum absolute atomic E-state index is 6.31. The van der Waals surface area contributed by atoms with Gasteiger partial charge in [-0.1, -0.05) is 78.9 Å². The number of rotatable bonds is 4. The van der Waals surface area contributed by atoms with E-state index in [1.165, 1.54) is 0 Å². The quantitative estimate of drug-likeness (QED) is 0.234. The minimum atomic E-state index is 0.751. The summed E-state index contributed by atoms with van der Waals surface area (Å²) >= 11 is 0. The highest BCUT2D eigenvalue weighted by molar-refractivity contribution is 6.06. The van der Waals surface area contributed by atoms with Crippen LogP contribution < -0.4 is 10.2 Å². The van der Waals surface area contributed by atoms with Gasteiger partial charge in [0.15, 0.2) is 5.58 Å². The molecule has 3 aromatic heterocycles. The largest absolute Gasteiger partial charge is 0.454 e. The van der Waals surface area contributed by atoms with Gasteiger partial charge in [0.05, 0.1) is 17.6 Å². The van der Waals surface area contributed by atoms with Gasteiger partial charge < -0.3 is 19.1 Å². The maximum Gasteiger partial charge on any atom is 0.201 e. The smallest absolute Gasteiger partial charge is 0.201 e. The zero-order chi connectivity index (χ0) is 28.3. The Morgan fingerprint density at radius 1 is 0.628 bits per heavy atom. The van der Waals surface area contributed by atoms with Crippen molar-refractivity contribution in [2.75, 3.05) is 16.8 Å². The lowest BCUT2D eigenvalue weighted by atomic mass is 9.98. The summed E-state index contributed by atoms with van der Waals surface area (Å²) in [5.74, 6) is 0.808. The summed E-state index contributed by atoms with van der Waals surface area (Å²) in [6, 6.07) is 40.2. The Labute approximate surface area is 247 Å².